The van der Waals surface area contributed by atoms with Gasteiger partial charge in [-0.1, -0.05) is 19.3 Å². The van der Waals surface area contributed by atoms with Crippen LogP contribution >= 0.6 is 0 Å². The second kappa shape index (κ2) is 8.31. The minimum absolute atomic E-state index is 0.446. The Balaban J connectivity index is 1.51. The number of anilines is 1. The van der Waals surface area contributed by atoms with E-state index in [-0.39, 0.29) is 0 Å². The first-order chi connectivity index (χ1) is 13.2. The van der Waals surface area contributed by atoms with Crippen LogP contribution in [0.4, 0.5) is 5.82 Å². The van der Waals surface area contributed by atoms with Crippen molar-refractivity contribution in [1.29, 1.82) is 5.41 Å². The first-order valence-corrected chi connectivity index (χ1v) is 10.1. The minimum atomic E-state index is 0.446. The van der Waals surface area contributed by atoms with Crippen LogP contribution in [0.2, 0.25) is 0 Å². The van der Waals surface area contributed by atoms with E-state index in [1.54, 1.807) is 0 Å². The first-order valence-electron chi connectivity index (χ1n) is 10.1. The number of likely N-dealkylation sites (N-methyl/N-ethyl adjacent to an activating group) is 1. The summed E-state index contributed by atoms with van der Waals surface area (Å²) in [5.41, 5.74) is 1.65. The third-order valence-corrected chi connectivity index (χ3v) is 5.81. The minimum Gasteiger partial charge on any atom is -0.365 e. The van der Waals surface area contributed by atoms with Gasteiger partial charge in [0, 0.05) is 45.3 Å². The van der Waals surface area contributed by atoms with Crippen molar-refractivity contribution in [2.45, 2.75) is 44.7 Å². The van der Waals surface area contributed by atoms with Crippen LogP contribution < -0.4 is 5.32 Å². The molecule has 146 valence electrons. The summed E-state index contributed by atoms with van der Waals surface area (Å²) in [7, 11) is 2.18. The van der Waals surface area contributed by atoms with Crippen LogP contribution in [0.15, 0.2) is 6.33 Å². The third-order valence-electron chi connectivity index (χ3n) is 5.81. The number of rotatable bonds is 6. The number of aromatic nitrogens is 4. The molecular weight excluding hydrogens is 340 g/mol. The van der Waals surface area contributed by atoms with Gasteiger partial charge in [-0.15, -0.1) is 0 Å². The first kappa shape index (κ1) is 18.3. The highest BCUT2D eigenvalue weighted by atomic mass is 15.3. The molecule has 0 atom stereocenters. The molecule has 2 N–H and O–H groups in total. The summed E-state index contributed by atoms with van der Waals surface area (Å²) in [6, 6.07) is 0.450. The molecule has 1 saturated carbocycles. The average molecular weight is 371 g/mol. The van der Waals surface area contributed by atoms with Crippen LogP contribution in [-0.2, 0) is 6.54 Å². The zero-order valence-electron chi connectivity index (χ0n) is 16.2. The number of fused-ring (bicyclic) bond motifs is 1. The van der Waals surface area contributed by atoms with Crippen molar-refractivity contribution < 1.29 is 0 Å². The van der Waals surface area contributed by atoms with E-state index in [4.69, 9.17) is 5.41 Å². The number of nitrogens with zero attached hydrogens (tertiary/aromatic N) is 6. The zero-order chi connectivity index (χ0) is 18.6. The molecule has 2 aromatic heterocycles. The molecule has 1 aliphatic carbocycles. The Bertz CT molecular complexity index is 771. The second-order valence-corrected chi connectivity index (χ2v) is 7.81. The molecule has 0 aromatic carbocycles. The molecule has 27 heavy (non-hydrogen) atoms. The van der Waals surface area contributed by atoms with Crippen molar-refractivity contribution in [1.82, 2.24) is 29.3 Å². The summed E-state index contributed by atoms with van der Waals surface area (Å²) in [6.07, 6.45) is 9.30. The van der Waals surface area contributed by atoms with Gasteiger partial charge < -0.3 is 20.2 Å². The van der Waals surface area contributed by atoms with Gasteiger partial charge >= 0.3 is 0 Å². The molecule has 0 radical (unpaired) electrons. The number of nitrogens with one attached hydrogen (secondary N) is 2. The van der Waals surface area contributed by atoms with Crippen LogP contribution in [0.25, 0.3) is 11.2 Å². The van der Waals surface area contributed by atoms with E-state index >= 15 is 0 Å². The fraction of sp³-hybridized carbons (Fsp3) is 0.684. The van der Waals surface area contributed by atoms with Gasteiger partial charge in [0.05, 0.1) is 12.5 Å². The van der Waals surface area contributed by atoms with Gasteiger partial charge in [-0.25, -0.2) is 15.0 Å². The molecule has 8 heteroatoms. The summed E-state index contributed by atoms with van der Waals surface area (Å²) in [4.78, 5) is 18.6. The van der Waals surface area contributed by atoms with Gasteiger partial charge in [0.25, 0.3) is 0 Å². The van der Waals surface area contributed by atoms with Crippen LogP contribution in [0, 0.1) is 5.41 Å². The largest absolute Gasteiger partial charge is 0.365 e. The Morgan fingerprint density at radius 2 is 1.89 bits per heavy atom. The van der Waals surface area contributed by atoms with E-state index in [2.05, 4.69) is 41.7 Å². The highest BCUT2D eigenvalue weighted by Gasteiger charge is 2.19. The monoisotopic (exact) mass is 370 g/mol. The third kappa shape index (κ3) is 4.27. The summed E-state index contributed by atoms with van der Waals surface area (Å²) in [5.74, 6) is 1.23. The molecule has 1 saturated heterocycles. The Labute approximate surface area is 160 Å². The maximum Gasteiger partial charge on any atom is 0.174 e. The van der Waals surface area contributed by atoms with E-state index in [1.807, 2.05) is 6.33 Å². The molecule has 0 amide bonds. The van der Waals surface area contributed by atoms with Gasteiger partial charge in [0.2, 0.25) is 0 Å². The van der Waals surface area contributed by atoms with Crippen molar-refractivity contribution in [2.24, 2.45) is 0 Å². The SMILES string of the molecule is CN1CCN(CCn2cnc3c(NC4CCCCC4)nc(C=N)nc32)CC1. The Morgan fingerprint density at radius 3 is 2.63 bits per heavy atom. The molecule has 0 bridgehead atoms. The predicted molar refractivity (Wildman–Crippen MR) is 108 cm³/mol. The van der Waals surface area contributed by atoms with Crippen molar-refractivity contribution in [3.8, 4) is 0 Å². The van der Waals surface area contributed by atoms with Crippen molar-refractivity contribution in [2.75, 3.05) is 45.1 Å². The number of imidazole rings is 1. The lowest BCUT2D eigenvalue weighted by atomic mass is 9.95. The lowest BCUT2D eigenvalue weighted by Crippen LogP contribution is -2.45. The summed E-state index contributed by atoms with van der Waals surface area (Å²) in [6.45, 7) is 6.32. The van der Waals surface area contributed by atoms with Crippen LogP contribution in [0.5, 0.6) is 0 Å². The molecule has 8 nitrogen and oxygen atoms in total. The van der Waals surface area contributed by atoms with Crippen molar-refractivity contribution >= 4 is 23.2 Å². The molecule has 4 rings (SSSR count). The quantitative estimate of drug-likeness (QED) is 0.755. The average Bonchev–Trinajstić information content (AvgIpc) is 3.11. The second-order valence-electron chi connectivity index (χ2n) is 7.81. The van der Waals surface area contributed by atoms with Gasteiger partial charge in [-0.2, -0.15) is 0 Å². The van der Waals surface area contributed by atoms with E-state index in [0.717, 1.165) is 56.3 Å². The highest BCUT2D eigenvalue weighted by Crippen LogP contribution is 2.24. The van der Waals surface area contributed by atoms with Gasteiger partial charge in [0.1, 0.15) is 5.52 Å². The smallest absolute Gasteiger partial charge is 0.174 e. The standard InChI is InChI=1S/C19H30N8/c1-25-7-9-26(10-8-25)11-12-27-14-21-17-18(22-15-5-3-2-4-6-15)23-16(13-20)24-19(17)27/h13-15,20H,2-12H2,1H3,(H,22,23,24). The number of hydrogen-bond acceptors (Lipinski definition) is 7. The predicted octanol–water partition coefficient (Wildman–Crippen LogP) is 1.82. The maximum atomic E-state index is 7.62. The summed E-state index contributed by atoms with van der Waals surface area (Å²) < 4.78 is 2.11. The number of hydrogen-bond donors (Lipinski definition) is 2. The fourth-order valence-electron chi connectivity index (χ4n) is 4.05. The lowest BCUT2D eigenvalue weighted by molar-refractivity contribution is 0.150. The van der Waals surface area contributed by atoms with Gasteiger partial charge in [-0.3, -0.25) is 4.90 Å². The Kier molecular flexibility index (Phi) is 5.63. The van der Waals surface area contributed by atoms with Gasteiger partial charge in [0.15, 0.2) is 17.3 Å². The van der Waals surface area contributed by atoms with E-state index in [1.165, 1.54) is 38.3 Å². The molecule has 2 aromatic rings. The zero-order valence-corrected chi connectivity index (χ0v) is 16.2. The molecule has 0 spiro atoms. The molecule has 2 fully saturated rings. The lowest BCUT2D eigenvalue weighted by Gasteiger charge is -2.32. The summed E-state index contributed by atoms with van der Waals surface area (Å²) in [5, 5.41) is 11.2. The molecule has 3 heterocycles. The Hall–Kier alpha value is -2.06. The maximum absolute atomic E-state index is 7.62. The fourth-order valence-corrected chi connectivity index (χ4v) is 4.05. The van der Waals surface area contributed by atoms with E-state index < -0.39 is 0 Å². The molecule has 0 unspecified atom stereocenters. The van der Waals surface area contributed by atoms with Crippen LogP contribution in [0.1, 0.15) is 37.9 Å². The molecular formula is C19H30N8. The Morgan fingerprint density at radius 1 is 1.11 bits per heavy atom. The van der Waals surface area contributed by atoms with Crippen molar-refractivity contribution in [3.63, 3.8) is 0 Å². The number of piperazine rings is 1. The summed E-state index contributed by atoms with van der Waals surface area (Å²) >= 11 is 0. The van der Waals surface area contributed by atoms with Crippen LogP contribution in [0.3, 0.4) is 0 Å². The van der Waals surface area contributed by atoms with Gasteiger partial charge in [-0.05, 0) is 19.9 Å². The van der Waals surface area contributed by atoms with Crippen LogP contribution in [-0.4, -0.2) is 81.3 Å². The topological polar surface area (TPSA) is 86.0 Å². The van der Waals surface area contributed by atoms with Crippen molar-refractivity contribution in [3.05, 3.63) is 12.2 Å². The molecule has 2 aliphatic rings. The normalized spacial score (nSPS) is 20.2. The molecule has 1 aliphatic heterocycles. The highest BCUT2D eigenvalue weighted by molar-refractivity contribution is 5.86. The van der Waals surface area contributed by atoms with E-state index in [9.17, 15) is 0 Å². The van der Waals surface area contributed by atoms with E-state index in [0.29, 0.717) is 11.9 Å².